The number of carbonyl (C=O) groups excluding carboxylic acids is 1. The standard InChI is InChI=1S/C25H23ClN2O3S/c26-23-12-6-4-10-19(23)21(22-16-27-24-13-7-5-11-20(22)24)17-28-25(29)14-15-32(30,31)18-8-2-1-3-9-18/h1-13,16,21,27H,14-15,17H2,(H,28,29). The zero-order valence-electron chi connectivity index (χ0n) is 17.3. The molecule has 4 rings (SSSR count). The highest BCUT2D eigenvalue weighted by molar-refractivity contribution is 7.91. The molecule has 0 aliphatic carbocycles. The molecule has 1 atom stereocenters. The van der Waals surface area contributed by atoms with Crippen molar-refractivity contribution in [3.63, 3.8) is 0 Å². The van der Waals surface area contributed by atoms with Gasteiger partial charge in [-0.05, 0) is 35.4 Å². The van der Waals surface area contributed by atoms with Gasteiger partial charge in [-0.3, -0.25) is 4.79 Å². The molecule has 32 heavy (non-hydrogen) atoms. The molecule has 3 aromatic carbocycles. The van der Waals surface area contributed by atoms with Crippen LogP contribution < -0.4 is 5.32 Å². The van der Waals surface area contributed by atoms with E-state index in [0.717, 1.165) is 22.0 Å². The Bertz CT molecular complexity index is 1330. The Labute approximate surface area is 192 Å². The van der Waals surface area contributed by atoms with Gasteiger partial charge >= 0.3 is 0 Å². The predicted octanol–water partition coefficient (Wildman–Crippen LogP) is 4.93. The van der Waals surface area contributed by atoms with Gasteiger partial charge in [0.15, 0.2) is 9.84 Å². The summed E-state index contributed by atoms with van der Waals surface area (Å²) in [5.74, 6) is -0.747. The van der Waals surface area contributed by atoms with Crippen molar-refractivity contribution in [2.45, 2.75) is 17.2 Å². The van der Waals surface area contributed by atoms with Crippen molar-refractivity contribution in [1.29, 1.82) is 0 Å². The fraction of sp³-hybridized carbons (Fsp3) is 0.160. The van der Waals surface area contributed by atoms with Crippen molar-refractivity contribution in [2.75, 3.05) is 12.3 Å². The number of sulfone groups is 1. The van der Waals surface area contributed by atoms with Gasteiger partial charge in [-0.25, -0.2) is 8.42 Å². The molecule has 0 saturated carbocycles. The van der Waals surface area contributed by atoms with Crippen LogP contribution in [-0.4, -0.2) is 31.6 Å². The quantitative estimate of drug-likeness (QED) is 0.386. The molecular formula is C25H23ClN2O3S. The summed E-state index contributed by atoms with van der Waals surface area (Å²) >= 11 is 6.49. The average molecular weight is 467 g/mol. The number of para-hydroxylation sites is 1. The number of rotatable bonds is 8. The molecule has 164 valence electrons. The van der Waals surface area contributed by atoms with Crippen molar-refractivity contribution >= 4 is 38.2 Å². The molecule has 0 spiro atoms. The molecule has 1 unspecified atom stereocenters. The highest BCUT2D eigenvalue weighted by atomic mass is 35.5. The molecule has 7 heteroatoms. The number of aromatic nitrogens is 1. The molecule has 5 nitrogen and oxygen atoms in total. The van der Waals surface area contributed by atoms with Gasteiger partial charge < -0.3 is 10.3 Å². The lowest BCUT2D eigenvalue weighted by atomic mass is 9.90. The van der Waals surface area contributed by atoms with Crippen molar-refractivity contribution in [1.82, 2.24) is 10.3 Å². The van der Waals surface area contributed by atoms with E-state index in [1.54, 1.807) is 18.2 Å². The molecule has 0 bridgehead atoms. The summed E-state index contributed by atoms with van der Waals surface area (Å²) in [6, 6.07) is 23.7. The first-order chi connectivity index (χ1) is 15.5. The van der Waals surface area contributed by atoms with Crippen LogP contribution in [0.4, 0.5) is 0 Å². The maximum absolute atomic E-state index is 12.6. The average Bonchev–Trinajstić information content (AvgIpc) is 3.24. The summed E-state index contributed by atoms with van der Waals surface area (Å²) in [4.78, 5) is 16.1. The zero-order chi connectivity index (χ0) is 22.6. The van der Waals surface area contributed by atoms with Gasteiger partial charge in [0.25, 0.3) is 0 Å². The Hall–Kier alpha value is -3.09. The Morgan fingerprint density at radius 2 is 1.59 bits per heavy atom. The van der Waals surface area contributed by atoms with Gasteiger partial charge in [0.2, 0.25) is 5.91 Å². The maximum Gasteiger partial charge on any atom is 0.221 e. The van der Waals surface area contributed by atoms with E-state index in [0.29, 0.717) is 11.6 Å². The third-order valence-electron chi connectivity index (χ3n) is 5.48. The van der Waals surface area contributed by atoms with Crippen molar-refractivity contribution in [3.05, 3.63) is 101 Å². The Morgan fingerprint density at radius 3 is 2.38 bits per heavy atom. The smallest absolute Gasteiger partial charge is 0.221 e. The van der Waals surface area contributed by atoms with Crippen LogP contribution in [0.2, 0.25) is 5.02 Å². The predicted molar refractivity (Wildman–Crippen MR) is 128 cm³/mol. The number of aromatic amines is 1. The minimum atomic E-state index is -3.51. The van der Waals surface area contributed by atoms with Gasteiger partial charge in [0.1, 0.15) is 0 Å². The van der Waals surface area contributed by atoms with Crippen LogP contribution in [0.5, 0.6) is 0 Å². The second-order valence-electron chi connectivity index (χ2n) is 7.55. The van der Waals surface area contributed by atoms with E-state index in [9.17, 15) is 13.2 Å². The summed E-state index contributed by atoms with van der Waals surface area (Å²) in [6.45, 7) is 0.301. The number of benzene rings is 3. The number of fused-ring (bicyclic) bond motifs is 1. The van der Waals surface area contributed by atoms with Crippen LogP contribution in [0.15, 0.2) is 90.0 Å². The molecule has 0 aliphatic rings. The molecule has 1 aromatic heterocycles. The number of carbonyl (C=O) groups is 1. The normalized spacial score (nSPS) is 12.5. The highest BCUT2D eigenvalue weighted by Gasteiger charge is 2.22. The number of nitrogens with one attached hydrogen (secondary N) is 2. The first kappa shape index (κ1) is 22.1. The van der Waals surface area contributed by atoms with Gasteiger partial charge in [0, 0.05) is 41.0 Å². The lowest BCUT2D eigenvalue weighted by Gasteiger charge is -2.19. The van der Waals surface area contributed by atoms with E-state index in [1.807, 2.05) is 54.7 Å². The van der Waals surface area contributed by atoms with Crippen LogP contribution in [0.25, 0.3) is 10.9 Å². The minimum absolute atomic E-state index is 0.111. The number of halogens is 1. The highest BCUT2D eigenvalue weighted by Crippen LogP contribution is 2.34. The maximum atomic E-state index is 12.6. The van der Waals surface area contributed by atoms with E-state index in [1.165, 1.54) is 12.1 Å². The molecule has 0 aliphatic heterocycles. The summed E-state index contributed by atoms with van der Waals surface area (Å²) < 4.78 is 24.9. The first-order valence-electron chi connectivity index (χ1n) is 10.3. The fourth-order valence-electron chi connectivity index (χ4n) is 3.80. The molecule has 4 aromatic rings. The largest absolute Gasteiger partial charge is 0.361 e. The third kappa shape index (κ3) is 4.87. The van der Waals surface area contributed by atoms with Crippen LogP contribution in [0.1, 0.15) is 23.5 Å². The molecule has 0 saturated heterocycles. The summed E-state index contributed by atoms with van der Waals surface area (Å²) in [6.07, 6.45) is 1.82. The third-order valence-corrected chi connectivity index (χ3v) is 7.56. The monoisotopic (exact) mass is 466 g/mol. The second-order valence-corrected chi connectivity index (χ2v) is 10.1. The van der Waals surface area contributed by atoms with Crippen LogP contribution in [0.3, 0.4) is 0 Å². The first-order valence-corrected chi connectivity index (χ1v) is 12.3. The molecule has 1 amide bonds. The van der Waals surface area contributed by atoms with Gasteiger partial charge in [-0.2, -0.15) is 0 Å². The van der Waals surface area contributed by atoms with E-state index in [2.05, 4.69) is 10.3 Å². The molecule has 0 radical (unpaired) electrons. The van der Waals surface area contributed by atoms with Crippen LogP contribution >= 0.6 is 11.6 Å². The fourth-order valence-corrected chi connectivity index (χ4v) is 5.33. The molecule has 0 fully saturated rings. The molecule has 1 heterocycles. The number of H-pyrrole nitrogens is 1. The minimum Gasteiger partial charge on any atom is -0.361 e. The lowest BCUT2D eigenvalue weighted by molar-refractivity contribution is -0.120. The second kappa shape index (κ2) is 9.59. The number of hydrogen-bond acceptors (Lipinski definition) is 3. The van der Waals surface area contributed by atoms with Crippen molar-refractivity contribution in [2.24, 2.45) is 0 Å². The topological polar surface area (TPSA) is 79.0 Å². The zero-order valence-corrected chi connectivity index (χ0v) is 18.9. The van der Waals surface area contributed by atoms with E-state index in [4.69, 9.17) is 11.6 Å². The Morgan fingerprint density at radius 1 is 0.906 bits per heavy atom. The summed E-state index contributed by atoms with van der Waals surface area (Å²) in [7, 11) is -3.51. The number of amides is 1. The Balaban J connectivity index is 1.51. The Kier molecular flexibility index (Phi) is 6.63. The van der Waals surface area contributed by atoms with E-state index >= 15 is 0 Å². The van der Waals surface area contributed by atoms with Gasteiger partial charge in [-0.1, -0.05) is 66.2 Å². The molecular weight excluding hydrogens is 444 g/mol. The SMILES string of the molecule is O=C(CCS(=O)(=O)c1ccccc1)NCC(c1ccccc1Cl)c1c[nH]c2ccccc12. The summed E-state index contributed by atoms with van der Waals surface area (Å²) in [5, 5.41) is 4.58. The number of hydrogen-bond donors (Lipinski definition) is 2. The van der Waals surface area contributed by atoms with Gasteiger partial charge in [0.05, 0.1) is 10.6 Å². The molecule has 2 N–H and O–H groups in total. The lowest BCUT2D eigenvalue weighted by Crippen LogP contribution is -2.30. The van der Waals surface area contributed by atoms with Crippen LogP contribution in [0, 0.1) is 0 Å². The van der Waals surface area contributed by atoms with E-state index in [-0.39, 0.29) is 28.9 Å². The van der Waals surface area contributed by atoms with Crippen molar-refractivity contribution in [3.8, 4) is 0 Å². The van der Waals surface area contributed by atoms with E-state index < -0.39 is 9.84 Å². The van der Waals surface area contributed by atoms with Crippen molar-refractivity contribution < 1.29 is 13.2 Å². The van der Waals surface area contributed by atoms with Crippen LogP contribution in [-0.2, 0) is 14.6 Å². The summed E-state index contributed by atoms with van der Waals surface area (Å²) in [5.41, 5.74) is 2.92. The van der Waals surface area contributed by atoms with Gasteiger partial charge in [-0.15, -0.1) is 0 Å².